The fourth-order valence-corrected chi connectivity index (χ4v) is 3.17. The van der Waals surface area contributed by atoms with Crippen molar-refractivity contribution in [3.8, 4) is 0 Å². The highest BCUT2D eigenvalue weighted by Crippen LogP contribution is 2.22. The van der Waals surface area contributed by atoms with Gasteiger partial charge in [-0.1, -0.05) is 36.0 Å². The van der Waals surface area contributed by atoms with E-state index in [0.717, 1.165) is 33.0 Å². The van der Waals surface area contributed by atoms with Crippen molar-refractivity contribution in [2.45, 2.75) is 25.9 Å². The number of rotatable bonds is 4. The molecule has 3 aromatic rings. The van der Waals surface area contributed by atoms with Gasteiger partial charge in [-0.2, -0.15) is 0 Å². The summed E-state index contributed by atoms with van der Waals surface area (Å²) in [5.74, 6) is 0.302. The molecule has 0 spiro atoms. The third-order valence-electron chi connectivity index (χ3n) is 3.70. The Morgan fingerprint density at radius 2 is 1.91 bits per heavy atom. The average Bonchev–Trinajstić information content (AvgIpc) is 2.91. The molecule has 0 aliphatic rings. The molecule has 0 fully saturated rings. The van der Waals surface area contributed by atoms with Crippen LogP contribution in [0.1, 0.15) is 16.7 Å². The van der Waals surface area contributed by atoms with Gasteiger partial charge in [-0.15, -0.1) is 0 Å². The van der Waals surface area contributed by atoms with Crippen molar-refractivity contribution in [2.24, 2.45) is 0 Å². The minimum atomic E-state index is -0.0240. The number of nitrogens with one attached hydrogen (secondary N) is 2. The predicted octanol–water partition coefficient (Wildman–Crippen LogP) is 4.22. The predicted molar refractivity (Wildman–Crippen MR) is 96.1 cm³/mol. The zero-order valence-electron chi connectivity index (χ0n) is 13.4. The number of fused-ring (bicyclic) bond motifs is 1. The van der Waals surface area contributed by atoms with Gasteiger partial charge in [-0.3, -0.25) is 4.79 Å². The summed E-state index contributed by atoms with van der Waals surface area (Å²) in [6.07, 6.45) is 0. The molecule has 118 valence electrons. The quantitative estimate of drug-likeness (QED) is 0.706. The number of hydrogen-bond donors (Lipinski definition) is 2. The Morgan fingerprint density at radius 1 is 1.17 bits per heavy atom. The maximum absolute atomic E-state index is 12.2. The molecular weight excluding hydrogens is 306 g/mol. The number of imidazole rings is 1. The number of hydrogen-bond acceptors (Lipinski definition) is 3. The number of benzene rings is 2. The molecule has 0 atom stereocenters. The highest BCUT2D eigenvalue weighted by atomic mass is 32.2. The van der Waals surface area contributed by atoms with Crippen molar-refractivity contribution in [3.05, 3.63) is 53.1 Å². The van der Waals surface area contributed by atoms with E-state index in [1.54, 1.807) is 0 Å². The van der Waals surface area contributed by atoms with Crippen LogP contribution in [0.15, 0.2) is 41.6 Å². The number of carbonyl (C=O) groups is 1. The van der Waals surface area contributed by atoms with Crippen molar-refractivity contribution >= 4 is 34.4 Å². The summed E-state index contributed by atoms with van der Waals surface area (Å²) in [7, 11) is 0. The zero-order chi connectivity index (χ0) is 16.4. The molecule has 1 aromatic heterocycles. The van der Waals surface area contributed by atoms with Crippen molar-refractivity contribution in [3.63, 3.8) is 0 Å². The second-order valence-corrected chi connectivity index (χ2v) is 6.63. The molecule has 0 radical (unpaired) electrons. The van der Waals surface area contributed by atoms with Crippen molar-refractivity contribution in [1.82, 2.24) is 9.97 Å². The highest BCUT2D eigenvalue weighted by molar-refractivity contribution is 7.99. The van der Waals surface area contributed by atoms with Gasteiger partial charge in [0, 0.05) is 5.69 Å². The van der Waals surface area contributed by atoms with Gasteiger partial charge in [0.1, 0.15) is 0 Å². The first-order chi connectivity index (χ1) is 11.0. The molecular formula is C18H19N3OS. The minimum Gasteiger partial charge on any atom is -0.333 e. The van der Waals surface area contributed by atoms with Crippen LogP contribution in [0.5, 0.6) is 0 Å². The second kappa shape index (κ2) is 6.46. The Morgan fingerprint density at radius 3 is 2.65 bits per heavy atom. The zero-order valence-corrected chi connectivity index (χ0v) is 14.3. The fraction of sp³-hybridized carbons (Fsp3) is 0.222. The maximum Gasteiger partial charge on any atom is 0.234 e. The molecule has 5 heteroatoms. The Kier molecular flexibility index (Phi) is 4.39. The van der Waals surface area contributed by atoms with Gasteiger partial charge in [-0.25, -0.2) is 4.98 Å². The van der Waals surface area contributed by atoms with Crippen LogP contribution in [0, 0.1) is 20.8 Å². The van der Waals surface area contributed by atoms with Crippen LogP contribution < -0.4 is 5.32 Å². The standard InChI is InChI=1S/C18H19N3OS/c1-11-7-8-14-15(9-11)20-18(19-14)23-10-16(22)21-17-12(2)5-4-6-13(17)3/h4-9H,10H2,1-3H3,(H,19,20)(H,21,22). The Balaban J connectivity index is 1.66. The number of aryl methyl sites for hydroxylation is 3. The third kappa shape index (κ3) is 3.56. The molecule has 0 aliphatic heterocycles. The average molecular weight is 325 g/mol. The summed E-state index contributed by atoms with van der Waals surface area (Å²) in [6, 6.07) is 12.1. The third-order valence-corrected chi connectivity index (χ3v) is 4.57. The van der Waals surface area contributed by atoms with Gasteiger partial charge in [0.25, 0.3) is 0 Å². The molecule has 2 N–H and O–H groups in total. The lowest BCUT2D eigenvalue weighted by atomic mass is 10.1. The van der Waals surface area contributed by atoms with Crippen molar-refractivity contribution in [1.29, 1.82) is 0 Å². The SMILES string of the molecule is Cc1ccc2nc(SCC(=O)Nc3c(C)cccc3C)[nH]c2c1. The van der Waals surface area contributed by atoms with Gasteiger partial charge in [0.2, 0.25) is 5.91 Å². The second-order valence-electron chi connectivity index (χ2n) is 5.67. The van der Waals surface area contributed by atoms with Crippen molar-refractivity contribution in [2.75, 3.05) is 11.1 Å². The van der Waals surface area contributed by atoms with E-state index in [0.29, 0.717) is 5.75 Å². The van der Waals surface area contributed by atoms with Crippen LogP contribution in [-0.2, 0) is 4.79 Å². The van der Waals surface area contributed by atoms with Gasteiger partial charge in [0.05, 0.1) is 16.8 Å². The molecule has 0 saturated carbocycles. The smallest absolute Gasteiger partial charge is 0.234 e. The summed E-state index contributed by atoms with van der Waals surface area (Å²) < 4.78 is 0. The molecule has 3 rings (SSSR count). The number of amides is 1. The number of anilines is 1. The van der Waals surface area contributed by atoms with Gasteiger partial charge in [-0.05, 0) is 49.6 Å². The normalized spacial score (nSPS) is 10.9. The van der Waals surface area contributed by atoms with Crippen LogP contribution in [0.3, 0.4) is 0 Å². The lowest BCUT2D eigenvalue weighted by Crippen LogP contribution is -2.15. The number of carbonyl (C=O) groups excluding carboxylic acids is 1. The number of thioether (sulfide) groups is 1. The lowest BCUT2D eigenvalue weighted by Gasteiger charge is -2.10. The monoisotopic (exact) mass is 325 g/mol. The molecule has 1 amide bonds. The number of aromatic nitrogens is 2. The number of aromatic amines is 1. The topological polar surface area (TPSA) is 57.8 Å². The van der Waals surface area contributed by atoms with E-state index in [1.165, 1.54) is 17.3 Å². The summed E-state index contributed by atoms with van der Waals surface area (Å²) in [5.41, 5.74) is 6.16. The van der Waals surface area contributed by atoms with Gasteiger partial charge < -0.3 is 10.3 Å². The number of para-hydroxylation sites is 1. The van der Waals surface area contributed by atoms with E-state index < -0.39 is 0 Å². The molecule has 2 aromatic carbocycles. The Hall–Kier alpha value is -2.27. The first kappa shape index (κ1) is 15.6. The van der Waals surface area contributed by atoms with Crippen LogP contribution >= 0.6 is 11.8 Å². The number of nitrogens with zero attached hydrogens (tertiary/aromatic N) is 1. The maximum atomic E-state index is 12.2. The van der Waals surface area contributed by atoms with E-state index in [1.807, 2.05) is 51.1 Å². The largest absolute Gasteiger partial charge is 0.333 e. The lowest BCUT2D eigenvalue weighted by molar-refractivity contribution is -0.113. The van der Waals surface area contributed by atoms with E-state index in [-0.39, 0.29) is 5.91 Å². The van der Waals surface area contributed by atoms with Crippen molar-refractivity contribution < 1.29 is 4.79 Å². The summed E-state index contributed by atoms with van der Waals surface area (Å²) in [4.78, 5) is 19.9. The first-order valence-electron chi connectivity index (χ1n) is 7.48. The molecule has 23 heavy (non-hydrogen) atoms. The molecule has 0 aliphatic carbocycles. The molecule has 4 nitrogen and oxygen atoms in total. The first-order valence-corrected chi connectivity index (χ1v) is 8.47. The molecule has 0 bridgehead atoms. The summed E-state index contributed by atoms with van der Waals surface area (Å²) in [5, 5.41) is 3.76. The van der Waals surface area contributed by atoms with E-state index in [9.17, 15) is 4.79 Å². The summed E-state index contributed by atoms with van der Waals surface area (Å²) >= 11 is 1.41. The highest BCUT2D eigenvalue weighted by Gasteiger charge is 2.10. The van der Waals surface area contributed by atoms with Gasteiger partial charge >= 0.3 is 0 Å². The molecule has 0 unspecified atom stereocenters. The summed E-state index contributed by atoms with van der Waals surface area (Å²) in [6.45, 7) is 6.04. The van der Waals surface area contributed by atoms with E-state index in [4.69, 9.17) is 0 Å². The molecule has 0 saturated heterocycles. The van der Waals surface area contributed by atoms with Gasteiger partial charge in [0.15, 0.2) is 5.16 Å². The minimum absolute atomic E-state index is 0.0240. The van der Waals surface area contributed by atoms with E-state index in [2.05, 4.69) is 21.4 Å². The van der Waals surface area contributed by atoms with E-state index >= 15 is 0 Å². The number of H-pyrrole nitrogens is 1. The molecule has 1 heterocycles. The van der Waals surface area contributed by atoms with Crippen LogP contribution in [-0.4, -0.2) is 21.6 Å². The van der Waals surface area contributed by atoms with Crippen LogP contribution in [0.25, 0.3) is 11.0 Å². The Bertz CT molecular complexity index is 850. The Labute approximate surface area is 139 Å². The van der Waals surface area contributed by atoms with Crippen LogP contribution in [0.2, 0.25) is 0 Å². The fourth-order valence-electron chi connectivity index (χ4n) is 2.49. The van der Waals surface area contributed by atoms with Crippen LogP contribution in [0.4, 0.5) is 5.69 Å².